The molecule has 140 valence electrons. The number of fused-ring (bicyclic) bond motifs is 1. The van der Waals surface area contributed by atoms with Crippen LogP contribution >= 0.6 is 0 Å². The Hall–Kier alpha value is -3.08. The molecule has 0 bridgehead atoms. The monoisotopic (exact) mass is 364 g/mol. The first-order valence-electron chi connectivity index (χ1n) is 9.16. The van der Waals surface area contributed by atoms with E-state index in [4.69, 9.17) is 9.15 Å². The smallest absolute Gasteiger partial charge is 0.336 e. The van der Waals surface area contributed by atoms with Gasteiger partial charge in [0.05, 0.1) is 23.6 Å². The zero-order valence-electron chi connectivity index (χ0n) is 15.9. The first-order chi connectivity index (χ1) is 13.1. The van der Waals surface area contributed by atoms with E-state index < -0.39 is 0 Å². The number of nitrogens with zero attached hydrogens (tertiary/aromatic N) is 1. The Kier molecular flexibility index (Phi) is 5.91. The Balaban J connectivity index is 2.08. The number of hydrogen-bond donors (Lipinski definition) is 1. The van der Waals surface area contributed by atoms with Crippen LogP contribution in [-0.4, -0.2) is 12.3 Å². The molecule has 0 saturated carbocycles. The molecular formula is C22H24N2O3. The van der Waals surface area contributed by atoms with Crippen LogP contribution in [0.25, 0.3) is 11.0 Å². The minimum absolute atomic E-state index is 0.379. The minimum Gasteiger partial charge on any atom is -0.493 e. The maximum Gasteiger partial charge on any atom is 0.336 e. The largest absolute Gasteiger partial charge is 0.493 e. The van der Waals surface area contributed by atoms with Crippen molar-refractivity contribution in [1.29, 1.82) is 0 Å². The zero-order chi connectivity index (χ0) is 19.2. The lowest BCUT2D eigenvalue weighted by Crippen LogP contribution is -2.08. The summed E-state index contributed by atoms with van der Waals surface area (Å²) < 4.78 is 11.5. The van der Waals surface area contributed by atoms with Gasteiger partial charge in [0.2, 0.25) is 0 Å². The zero-order valence-corrected chi connectivity index (χ0v) is 15.9. The molecule has 2 aromatic carbocycles. The Labute approximate surface area is 158 Å². The average molecular weight is 364 g/mol. The number of unbranched alkanes of at least 4 members (excludes halogenated alkanes) is 1. The Morgan fingerprint density at radius 3 is 2.70 bits per heavy atom. The van der Waals surface area contributed by atoms with Gasteiger partial charge in [-0.05, 0) is 50.1 Å². The summed E-state index contributed by atoms with van der Waals surface area (Å²) >= 11 is 0. The summed E-state index contributed by atoms with van der Waals surface area (Å²) in [4.78, 5) is 12.0. The number of ether oxygens (including phenoxy) is 1. The van der Waals surface area contributed by atoms with Gasteiger partial charge in [0.25, 0.3) is 0 Å². The molecule has 0 amide bonds. The summed E-state index contributed by atoms with van der Waals surface area (Å²) in [5, 5.41) is 5.36. The highest BCUT2D eigenvalue weighted by molar-refractivity contribution is 6.10. The second kappa shape index (κ2) is 8.54. The van der Waals surface area contributed by atoms with Crippen LogP contribution < -0.4 is 15.8 Å². The molecular weight excluding hydrogens is 340 g/mol. The molecule has 1 aromatic heterocycles. The summed E-state index contributed by atoms with van der Waals surface area (Å²) in [6.07, 6.45) is 1.99. The van der Waals surface area contributed by atoms with Crippen LogP contribution in [-0.2, 0) is 0 Å². The van der Waals surface area contributed by atoms with E-state index in [1.54, 1.807) is 0 Å². The van der Waals surface area contributed by atoms with Gasteiger partial charge >= 0.3 is 5.63 Å². The Morgan fingerprint density at radius 1 is 1.19 bits per heavy atom. The van der Waals surface area contributed by atoms with Gasteiger partial charge in [0, 0.05) is 11.5 Å². The van der Waals surface area contributed by atoms with Gasteiger partial charge in [-0.1, -0.05) is 31.5 Å². The van der Waals surface area contributed by atoms with Crippen LogP contribution in [0.4, 0.5) is 5.69 Å². The molecule has 3 rings (SSSR count). The third-order valence-corrected chi connectivity index (χ3v) is 4.33. The number of aryl methyl sites for hydroxylation is 1. The van der Waals surface area contributed by atoms with Crippen molar-refractivity contribution in [3.63, 3.8) is 0 Å². The molecule has 0 fully saturated rings. The standard InChI is InChI=1S/C22H24N2O3/c1-4-5-13-26-19-12-11-18-15(2)14-20(25)27-22(18)21(19)16(3)23-24-17-9-7-6-8-10-17/h6-12,14,24H,4-5,13H2,1-3H3. The number of anilines is 1. The van der Waals surface area contributed by atoms with E-state index in [0.717, 1.165) is 29.5 Å². The van der Waals surface area contributed by atoms with Gasteiger partial charge in [-0.3, -0.25) is 5.43 Å². The molecule has 0 atom stereocenters. The maximum absolute atomic E-state index is 12.0. The highest BCUT2D eigenvalue weighted by Crippen LogP contribution is 2.30. The normalized spacial score (nSPS) is 11.6. The van der Waals surface area contributed by atoms with E-state index >= 15 is 0 Å². The molecule has 0 aliphatic heterocycles. The predicted octanol–water partition coefficient (Wildman–Crippen LogP) is 5.12. The van der Waals surface area contributed by atoms with E-state index in [9.17, 15) is 4.79 Å². The Bertz CT molecular complexity index is 1010. The number of benzene rings is 2. The van der Waals surface area contributed by atoms with E-state index in [-0.39, 0.29) is 5.63 Å². The van der Waals surface area contributed by atoms with Gasteiger partial charge in [-0.15, -0.1) is 0 Å². The second-order valence-corrected chi connectivity index (χ2v) is 6.44. The molecule has 5 nitrogen and oxygen atoms in total. The van der Waals surface area contributed by atoms with Crippen LogP contribution in [0.3, 0.4) is 0 Å². The van der Waals surface area contributed by atoms with Gasteiger partial charge in [-0.2, -0.15) is 5.10 Å². The molecule has 0 aliphatic rings. The fourth-order valence-corrected chi connectivity index (χ4v) is 2.87. The number of para-hydroxylation sites is 1. The van der Waals surface area contributed by atoms with E-state index in [1.165, 1.54) is 6.07 Å². The van der Waals surface area contributed by atoms with Crippen molar-refractivity contribution in [3.05, 3.63) is 70.1 Å². The molecule has 1 heterocycles. The van der Waals surface area contributed by atoms with Crippen molar-refractivity contribution < 1.29 is 9.15 Å². The quantitative estimate of drug-likeness (QED) is 0.274. The first kappa shape index (κ1) is 18.7. The third-order valence-electron chi connectivity index (χ3n) is 4.33. The maximum atomic E-state index is 12.0. The number of hydrogen-bond acceptors (Lipinski definition) is 5. The van der Waals surface area contributed by atoms with Crippen molar-refractivity contribution in [3.8, 4) is 5.75 Å². The van der Waals surface area contributed by atoms with Crippen LogP contribution in [0.5, 0.6) is 5.75 Å². The van der Waals surface area contributed by atoms with Gasteiger partial charge in [-0.25, -0.2) is 4.79 Å². The van der Waals surface area contributed by atoms with Crippen molar-refractivity contribution in [2.75, 3.05) is 12.0 Å². The fourth-order valence-electron chi connectivity index (χ4n) is 2.87. The number of rotatable bonds is 7. The van der Waals surface area contributed by atoms with Crippen molar-refractivity contribution in [1.82, 2.24) is 0 Å². The molecule has 5 heteroatoms. The minimum atomic E-state index is -0.379. The van der Waals surface area contributed by atoms with E-state index in [1.807, 2.05) is 56.3 Å². The summed E-state index contributed by atoms with van der Waals surface area (Å²) in [6, 6.07) is 15.0. The molecule has 0 saturated heterocycles. The molecule has 27 heavy (non-hydrogen) atoms. The number of nitrogens with one attached hydrogen (secondary N) is 1. The molecule has 0 spiro atoms. The average Bonchev–Trinajstić information content (AvgIpc) is 2.66. The topological polar surface area (TPSA) is 63.8 Å². The van der Waals surface area contributed by atoms with Crippen molar-refractivity contribution in [2.45, 2.75) is 33.6 Å². The lowest BCUT2D eigenvalue weighted by molar-refractivity contribution is 0.308. The van der Waals surface area contributed by atoms with E-state index in [0.29, 0.717) is 29.2 Å². The second-order valence-electron chi connectivity index (χ2n) is 6.44. The lowest BCUT2D eigenvalue weighted by Gasteiger charge is -2.14. The third kappa shape index (κ3) is 4.37. The summed E-state index contributed by atoms with van der Waals surface area (Å²) in [5.74, 6) is 0.667. The SMILES string of the molecule is CCCCOc1ccc2c(C)cc(=O)oc2c1C(C)=NNc1ccccc1. The molecule has 0 aliphatic carbocycles. The van der Waals surface area contributed by atoms with Gasteiger partial charge in [0.1, 0.15) is 5.75 Å². The van der Waals surface area contributed by atoms with Crippen LogP contribution in [0.2, 0.25) is 0 Å². The van der Waals surface area contributed by atoms with Crippen LogP contribution in [0.15, 0.2) is 62.8 Å². The van der Waals surface area contributed by atoms with Crippen molar-refractivity contribution >= 4 is 22.4 Å². The predicted molar refractivity (Wildman–Crippen MR) is 110 cm³/mol. The fraction of sp³-hybridized carbons (Fsp3) is 0.273. The summed E-state index contributed by atoms with van der Waals surface area (Å²) in [6.45, 7) is 6.49. The molecule has 1 N–H and O–H groups in total. The van der Waals surface area contributed by atoms with Crippen LogP contribution in [0.1, 0.15) is 37.8 Å². The molecule has 3 aromatic rings. The summed E-state index contributed by atoms with van der Waals surface area (Å²) in [5.41, 5.74) is 6.30. The highest BCUT2D eigenvalue weighted by atomic mass is 16.5. The van der Waals surface area contributed by atoms with Crippen molar-refractivity contribution in [2.24, 2.45) is 5.10 Å². The van der Waals surface area contributed by atoms with Crippen LogP contribution in [0, 0.1) is 6.92 Å². The first-order valence-corrected chi connectivity index (χ1v) is 9.16. The number of hydrazone groups is 1. The van der Waals surface area contributed by atoms with Gasteiger partial charge in [0.15, 0.2) is 5.58 Å². The highest BCUT2D eigenvalue weighted by Gasteiger charge is 2.16. The van der Waals surface area contributed by atoms with Gasteiger partial charge < -0.3 is 9.15 Å². The molecule has 0 unspecified atom stereocenters. The summed E-state index contributed by atoms with van der Waals surface area (Å²) in [7, 11) is 0. The molecule has 0 radical (unpaired) electrons. The lowest BCUT2D eigenvalue weighted by atomic mass is 10.0. The van der Waals surface area contributed by atoms with E-state index in [2.05, 4.69) is 17.5 Å². The Morgan fingerprint density at radius 2 is 1.96 bits per heavy atom.